The molecule has 0 aliphatic carbocycles. The molecule has 2 nitrogen and oxygen atoms in total. The van der Waals surface area contributed by atoms with Gasteiger partial charge in [-0.2, -0.15) is 0 Å². The Kier molecular flexibility index (Phi) is 5.98. The normalized spacial score (nSPS) is 14.6. The Morgan fingerprint density at radius 2 is 2.15 bits per heavy atom. The average molecular weight is 181 g/mol. The van der Waals surface area contributed by atoms with Gasteiger partial charge in [-0.25, -0.2) is 0 Å². The summed E-state index contributed by atoms with van der Waals surface area (Å²) in [6.45, 7) is 7.68. The second kappa shape index (κ2) is 6.49. The van der Waals surface area contributed by atoms with Crippen LogP contribution in [-0.4, -0.2) is 13.2 Å². The van der Waals surface area contributed by atoms with E-state index in [1.165, 1.54) is 5.57 Å². The van der Waals surface area contributed by atoms with Gasteiger partial charge in [0.1, 0.15) is 5.76 Å². The molecule has 0 fully saturated rings. The summed E-state index contributed by atoms with van der Waals surface area (Å²) in [7, 11) is 1.60. The quantitative estimate of drug-likeness (QED) is 0.522. The zero-order valence-electron chi connectivity index (χ0n) is 8.71. The molecule has 0 aromatic carbocycles. The van der Waals surface area contributed by atoms with Crippen molar-refractivity contribution in [1.29, 1.82) is 0 Å². The number of nitrogens with two attached hydrogens (primary N) is 1. The smallest absolute Gasteiger partial charge is 0.111 e. The maximum Gasteiger partial charge on any atom is 0.111 e. The lowest BCUT2D eigenvalue weighted by atomic mass is 10.1. The summed E-state index contributed by atoms with van der Waals surface area (Å²) in [5.41, 5.74) is 6.88. The van der Waals surface area contributed by atoms with Gasteiger partial charge in [0, 0.05) is 6.04 Å². The molecular formula is C11H19NO. The second-order valence-electron chi connectivity index (χ2n) is 3.05. The minimum Gasteiger partial charge on any atom is -0.497 e. The van der Waals surface area contributed by atoms with Gasteiger partial charge in [-0.05, 0) is 26.3 Å². The van der Waals surface area contributed by atoms with Crippen LogP contribution in [0.3, 0.4) is 0 Å². The van der Waals surface area contributed by atoms with Gasteiger partial charge in [0.15, 0.2) is 0 Å². The van der Waals surface area contributed by atoms with Gasteiger partial charge in [-0.1, -0.05) is 24.3 Å². The highest BCUT2D eigenvalue weighted by Gasteiger charge is 1.96. The van der Waals surface area contributed by atoms with Crippen LogP contribution in [0.15, 0.2) is 36.1 Å². The van der Waals surface area contributed by atoms with Gasteiger partial charge >= 0.3 is 0 Å². The Morgan fingerprint density at radius 3 is 2.54 bits per heavy atom. The maximum atomic E-state index is 5.68. The molecule has 0 aromatic heterocycles. The minimum atomic E-state index is 0.187. The number of ether oxygens (including phenoxy) is 1. The van der Waals surface area contributed by atoms with Gasteiger partial charge in [-0.15, -0.1) is 0 Å². The van der Waals surface area contributed by atoms with Gasteiger partial charge in [0.25, 0.3) is 0 Å². The van der Waals surface area contributed by atoms with Gasteiger partial charge in [-0.3, -0.25) is 0 Å². The fraction of sp³-hybridized carbons (Fsp3) is 0.455. The Morgan fingerprint density at radius 1 is 1.54 bits per heavy atom. The lowest BCUT2D eigenvalue weighted by molar-refractivity contribution is 0.309. The van der Waals surface area contributed by atoms with Crippen LogP contribution in [0.4, 0.5) is 0 Å². The van der Waals surface area contributed by atoms with E-state index in [2.05, 4.69) is 6.58 Å². The van der Waals surface area contributed by atoms with Crippen molar-refractivity contribution < 1.29 is 4.74 Å². The first-order valence-electron chi connectivity index (χ1n) is 4.42. The lowest BCUT2D eigenvalue weighted by Crippen LogP contribution is -2.14. The third-order valence-electron chi connectivity index (χ3n) is 1.67. The first-order chi connectivity index (χ1) is 6.10. The van der Waals surface area contributed by atoms with Crippen LogP contribution >= 0.6 is 0 Å². The summed E-state index contributed by atoms with van der Waals surface area (Å²) in [5, 5.41) is 0. The fourth-order valence-corrected chi connectivity index (χ4v) is 0.922. The minimum absolute atomic E-state index is 0.187. The van der Waals surface area contributed by atoms with Gasteiger partial charge in [0.05, 0.1) is 7.11 Å². The molecule has 0 heterocycles. The third-order valence-corrected chi connectivity index (χ3v) is 1.67. The molecule has 74 valence electrons. The summed E-state index contributed by atoms with van der Waals surface area (Å²) in [4.78, 5) is 0. The molecule has 2 heteroatoms. The number of methoxy groups -OCH3 is 1. The molecule has 0 rings (SSSR count). The van der Waals surface area contributed by atoms with E-state index in [-0.39, 0.29) is 6.04 Å². The highest BCUT2D eigenvalue weighted by molar-refractivity contribution is 5.23. The van der Waals surface area contributed by atoms with E-state index in [0.717, 1.165) is 6.42 Å². The van der Waals surface area contributed by atoms with Gasteiger partial charge < -0.3 is 10.5 Å². The van der Waals surface area contributed by atoms with Crippen LogP contribution in [-0.2, 0) is 4.74 Å². The number of hydrogen-bond acceptors (Lipinski definition) is 2. The van der Waals surface area contributed by atoms with E-state index < -0.39 is 0 Å². The fourth-order valence-electron chi connectivity index (χ4n) is 0.922. The van der Waals surface area contributed by atoms with Crippen molar-refractivity contribution in [2.24, 2.45) is 5.73 Å². The van der Waals surface area contributed by atoms with Crippen molar-refractivity contribution in [3.05, 3.63) is 36.1 Å². The topological polar surface area (TPSA) is 35.2 Å². The monoisotopic (exact) mass is 181 g/mol. The SMILES string of the molecule is C=C(/C=C\C(=C/C)CC(C)N)OC. The Bertz CT molecular complexity index is 214. The Labute approximate surface area is 80.8 Å². The van der Waals surface area contributed by atoms with Crippen molar-refractivity contribution in [3.63, 3.8) is 0 Å². The molecule has 1 atom stereocenters. The van der Waals surface area contributed by atoms with Crippen molar-refractivity contribution in [1.82, 2.24) is 0 Å². The zero-order valence-corrected chi connectivity index (χ0v) is 8.71. The van der Waals surface area contributed by atoms with E-state index in [1.807, 2.05) is 32.1 Å². The van der Waals surface area contributed by atoms with Crippen molar-refractivity contribution in [2.75, 3.05) is 7.11 Å². The summed E-state index contributed by atoms with van der Waals surface area (Å²) in [6.07, 6.45) is 6.75. The molecule has 0 radical (unpaired) electrons. The molecule has 0 saturated heterocycles. The maximum absolute atomic E-state index is 5.68. The van der Waals surface area contributed by atoms with Crippen molar-refractivity contribution in [3.8, 4) is 0 Å². The van der Waals surface area contributed by atoms with Crippen LogP contribution < -0.4 is 5.73 Å². The summed E-state index contributed by atoms with van der Waals surface area (Å²) < 4.78 is 4.91. The largest absolute Gasteiger partial charge is 0.497 e. The molecule has 0 amide bonds. The molecule has 1 unspecified atom stereocenters. The first kappa shape index (κ1) is 12.0. The van der Waals surface area contributed by atoms with Crippen LogP contribution in [0.1, 0.15) is 20.3 Å². The van der Waals surface area contributed by atoms with Gasteiger partial charge in [0.2, 0.25) is 0 Å². The van der Waals surface area contributed by atoms with E-state index in [1.54, 1.807) is 7.11 Å². The molecule has 0 aromatic rings. The molecule has 0 aliphatic rings. The van der Waals surface area contributed by atoms with E-state index in [4.69, 9.17) is 10.5 Å². The predicted octanol–water partition coefficient (Wildman–Crippen LogP) is 2.39. The predicted molar refractivity (Wildman–Crippen MR) is 57.3 cm³/mol. The average Bonchev–Trinajstić information content (AvgIpc) is 2.10. The highest BCUT2D eigenvalue weighted by atomic mass is 16.5. The van der Waals surface area contributed by atoms with Crippen LogP contribution in [0.2, 0.25) is 0 Å². The number of hydrogen-bond donors (Lipinski definition) is 1. The van der Waals surface area contributed by atoms with Crippen molar-refractivity contribution in [2.45, 2.75) is 26.3 Å². The first-order valence-corrected chi connectivity index (χ1v) is 4.42. The molecule has 0 bridgehead atoms. The van der Waals surface area contributed by atoms with E-state index in [9.17, 15) is 0 Å². The molecule has 0 aliphatic heterocycles. The number of rotatable bonds is 5. The molecular weight excluding hydrogens is 162 g/mol. The Balaban J connectivity index is 4.14. The second-order valence-corrected chi connectivity index (χ2v) is 3.05. The standard InChI is InChI=1S/C11H19NO/c1-5-11(8-9(2)12)7-6-10(3)13-4/h5-7,9H,3,8,12H2,1-2,4H3/b7-6-,11-5+. The molecule has 0 spiro atoms. The van der Waals surface area contributed by atoms with E-state index >= 15 is 0 Å². The lowest BCUT2D eigenvalue weighted by Gasteiger charge is -2.05. The highest BCUT2D eigenvalue weighted by Crippen LogP contribution is 2.07. The summed E-state index contributed by atoms with van der Waals surface area (Å²) in [6, 6.07) is 0.187. The summed E-state index contributed by atoms with van der Waals surface area (Å²) >= 11 is 0. The van der Waals surface area contributed by atoms with Crippen molar-refractivity contribution >= 4 is 0 Å². The molecule has 13 heavy (non-hydrogen) atoms. The molecule has 0 saturated carbocycles. The zero-order chi connectivity index (χ0) is 10.3. The van der Waals surface area contributed by atoms with Crippen LogP contribution in [0.5, 0.6) is 0 Å². The van der Waals surface area contributed by atoms with Crippen LogP contribution in [0.25, 0.3) is 0 Å². The number of allylic oxidation sites excluding steroid dienone is 3. The summed E-state index contributed by atoms with van der Waals surface area (Å²) in [5.74, 6) is 0.657. The Hall–Kier alpha value is -1.02. The molecule has 2 N–H and O–H groups in total. The van der Waals surface area contributed by atoms with Crippen LogP contribution in [0, 0.1) is 0 Å². The van der Waals surface area contributed by atoms with E-state index in [0.29, 0.717) is 5.76 Å². The third kappa shape index (κ3) is 6.17.